The Morgan fingerprint density at radius 2 is 1.68 bits per heavy atom. The van der Waals surface area contributed by atoms with Crippen LogP contribution in [0.15, 0.2) is 52.9 Å². The first-order valence-electron chi connectivity index (χ1n) is 10.7. The smallest absolute Gasteiger partial charge is 0.343 e. The molecule has 0 unspecified atom stereocenters. The van der Waals surface area contributed by atoms with Gasteiger partial charge in [-0.05, 0) is 42.7 Å². The van der Waals surface area contributed by atoms with Crippen molar-refractivity contribution in [1.29, 1.82) is 0 Å². The van der Waals surface area contributed by atoms with E-state index in [1.807, 2.05) is 0 Å². The molecule has 178 valence electrons. The van der Waals surface area contributed by atoms with Gasteiger partial charge < -0.3 is 19.5 Å². The highest BCUT2D eigenvalue weighted by molar-refractivity contribution is 5.83. The number of amides is 2. The Balaban J connectivity index is 1.78. The van der Waals surface area contributed by atoms with Gasteiger partial charge in [0.25, 0.3) is 0 Å². The van der Waals surface area contributed by atoms with Crippen LogP contribution in [0.3, 0.4) is 0 Å². The molecule has 0 saturated carbocycles. The van der Waals surface area contributed by atoms with Crippen molar-refractivity contribution in [3.8, 4) is 22.6 Å². The van der Waals surface area contributed by atoms with Gasteiger partial charge in [0.2, 0.25) is 5.89 Å². The number of aliphatic hydroxyl groups excluding tert-OH is 1. The summed E-state index contributed by atoms with van der Waals surface area (Å²) in [6.07, 6.45) is 0.0718. The monoisotopic (exact) mass is 469 g/mol. The zero-order chi connectivity index (χ0) is 24.5. The summed E-state index contributed by atoms with van der Waals surface area (Å²) in [5, 5.41) is 29.4. The van der Waals surface area contributed by atoms with Crippen LogP contribution in [0.25, 0.3) is 22.6 Å². The highest BCUT2D eigenvalue weighted by Crippen LogP contribution is 2.41. The Bertz CT molecular complexity index is 1180. The Morgan fingerprint density at radius 1 is 1.09 bits per heavy atom. The molecule has 2 amide bonds. The maximum atomic E-state index is 13.5. The van der Waals surface area contributed by atoms with Crippen LogP contribution in [-0.2, 0) is 16.8 Å². The number of urea groups is 1. The number of halogens is 1. The highest BCUT2D eigenvalue weighted by atomic mass is 19.1. The average Bonchev–Trinajstić information content (AvgIpc) is 3.30. The summed E-state index contributed by atoms with van der Waals surface area (Å²) < 4.78 is 19.6. The summed E-state index contributed by atoms with van der Waals surface area (Å²) in [5.41, 5.74) is 0.738. The number of likely N-dealkylation sites (tertiary alicyclic amines) is 1. The number of carboxylic acid groups (broad SMARTS) is 1. The Hall–Kier alpha value is -3.76. The average molecular weight is 469 g/mol. The van der Waals surface area contributed by atoms with Crippen LogP contribution in [0.2, 0.25) is 0 Å². The van der Waals surface area contributed by atoms with Crippen molar-refractivity contribution in [2.75, 3.05) is 20.1 Å². The van der Waals surface area contributed by atoms with Crippen LogP contribution in [0.5, 0.6) is 0 Å². The fourth-order valence-electron chi connectivity index (χ4n) is 4.09. The largest absolute Gasteiger partial charge is 0.480 e. The number of piperidine rings is 1. The first-order valence-corrected chi connectivity index (χ1v) is 10.7. The van der Waals surface area contributed by atoms with Crippen LogP contribution in [0.1, 0.15) is 24.3 Å². The minimum Gasteiger partial charge on any atom is -0.480 e. The van der Waals surface area contributed by atoms with Crippen LogP contribution >= 0.6 is 0 Å². The van der Waals surface area contributed by atoms with E-state index in [1.165, 1.54) is 36.2 Å². The summed E-state index contributed by atoms with van der Waals surface area (Å²) in [4.78, 5) is 30.5. The van der Waals surface area contributed by atoms with E-state index in [9.17, 15) is 29.4 Å². The van der Waals surface area contributed by atoms with Gasteiger partial charge in [-0.3, -0.25) is 10.0 Å². The number of aromatic nitrogens is 1. The van der Waals surface area contributed by atoms with Gasteiger partial charge in [0, 0.05) is 31.3 Å². The van der Waals surface area contributed by atoms with Crippen molar-refractivity contribution in [1.82, 2.24) is 14.9 Å². The number of carbonyl (C=O) groups excluding carboxylic acids is 1. The standard InChI is InChI=1S/C24H24FN3O6/c1-27(33)23(32)28-12-10-24(11-13-28,22(30)31)21-26-19(16-6-8-18(25)9-7-16)20(34-21)17-4-2-15(14-29)3-5-17/h2-9,29,33H,10-14H2,1H3,(H,30,31). The second kappa shape index (κ2) is 9.24. The molecule has 9 nitrogen and oxygen atoms in total. The van der Waals surface area contributed by atoms with Gasteiger partial charge in [-0.15, -0.1) is 0 Å². The molecule has 1 aliphatic rings. The number of hydroxylamine groups is 2. The van der Waals surface area contributed by atoms with Crippen LogP contribution in [0, 0.1) is 5.82 Å². The lowest BCUT2D eigenvalue weighted by atomic mass is 9.78. The summed E-state index contributed by atoms with van der Waals surface area (Å²) in [7, 11) is 1.21. The molecule has 0 bridgehead atoms. The minimum absolute atomic E-state index is 0.00925. The number of hydrogen-bond donors (Lipinski definition) is 3. The maximum absolute atomic E-state index is 13.5. The first kappa shape index (κ1) is 23.4. The van der Waals surface area contributed by atoms with Crippen molar-refractivity contribution in [3.05, 3.63) is 65.8 Å². The summed E-state index contributed by atoms with van der Waals surface area (Å²) in [6, 6.07) is 11.9. The Morgan fingerprint density at radius 3 is 2.21 bits per heavy atom. The van der Waals surface area contributed by atoms with Gasteiger partial charge in [0.05, 0.1) is 6.61 Å². The fraction of sp³-hybridized carbons (Fsp3) is 0.292. The van der Waals surface area contributed by atoms with E-state index in [0.717, 1.165) is 0 Å². The molecule has 2 heterocycles. The zero-order valence-corrected chi connectivity index (χ0v) is 18.4. The van der Waals surface area contributed by atoms with Crippen molar-refractivity contribution >= 4 is 12.0 Å². The van der Waals surface area contributed by atoms with E-state index in [4.69, 9.17) is 4.42 Å². The predicted molar refractivity (Wildman–Crippen MR) is 118 cm³/mol. The quantitative estimate of drug-likeness (QED) is 0.385. The second-order valence-corrected chi connectivity index (χ2v) is 8.24. The number of hydrogen-bond acceptors (Lipinski definition) is 6. The van der Waals surface area contributed by atoms with Crippen LogP contribution in [-0.4, -0.2) is 62.5 Å². The van der Waals surface area contributed by atoms with Crippen LogP contribution < -0.4 is 0 Å². The predicted octanol–water partition coefficient (Wildman–Crippen LogP) is 3.50. The molecule has 3 N–H and O–H groups in total. The molecule has 3 aromatic rings. The second-order valence-electron chi connectivity index (χ2n) is 8.24. The molecule has 1 fully saturated rings. The number of oxazole rings is 1. The molecular weight excluding hydrogens is 445 g/mol. The Kier molecular flexibility index (Phi) is 6.36. The van der Waals surface area contributed by atoms with E-state index in [-0.39, 0.29) is 38.4 Å². The SMILES string of the molecule is CN(O)C(=O)N1CCC(C(=O)O)(c2nc(-c3ccc(F)cc3)c(-c3ccc(CO)cc3)o2)CC1. The van der Waals surface area contributed by atoms with E-state index in [2.05, 4.69) is 4.98 Å². The number of aliphatic hydroxyl groups is 1. The molecule has 10 heteroatoms. The molecule has 4 rings (SSSR count). The van der Waals surface area contributed by atoms with Gasteiger partial charge >= 0.3 is 12.0 Å². The van der Waals surface area contributed by atoms with Crippen LogP contribution in [0.4, 0.5) is 9.18 Å². The highest BCUT2D eigenvalue weighted by Gasteiger charge is 2.49. The lowest BCUT2D eigenvalue weighted by molar-refractivity contribution is -0.147. The van der Waals surface area contributed by atoms with Gasteiger partial charge in [0.1, 0.15) is 16.9 Å². The number of carbonyl (C=O) groups is 2. The van der Waals surface area contributed by atoms with Gasteiger partial charge in [-0.1, -0.05) is 24.3 Å². The van der Waals surface area contributed by atoms with E-state index in [0.29, 0.717) is 33.2 Å². The number of carboxylic acids is 1. The number of benzene rings is 2. The van der Waals surface area contributed by atoms with Crippen molar-refractivity contribution in [2.45, 2.75) is 24.9 Å². The number of aliphatic carboxylic acids is 1. The Labute approximate surface area is 194 Å². The van der Waals surface area contributed by atoms with E-state index >= 15 is 0 Å². The molecule has 1 aromatic heterocycles. The zero-order valence-electron chi connectivity index (χ0n) is 18.4. The molecule has 34 heavy (non-hydrogen) atoms. The molecule has 2 aromatic carbocycles. The maximum Gasteiger partial charge on any atom is 0.343 e. The summed E-state index contributed by atoms with van der Waals surface area (Å²) in [6.45, 7) is 0.0444. The van der Waals surface area contributed by atoms with Gasteiger partial charge in [-0.25, -0.2) is 19.2 Å². The van der Waals surface area contributed by atoms with Crippen molar-refractivity contribution < 1.29 is 33.8 Å². The van der Waals surface area contributed by atoms with E-state index in [1.54, 1.807) is 24.3 Å². The third kappa shape index (κ3) is 4.25. The fourth-order valence-corrected chi connectivity index (χ4v) is 4.09. The summed E-state index contributed by atoms with van der Waals surface area (Å²) >= 11 is 0. The topological polar surface area (TPSA) is 127 Å². The van der Waals surface area contributed by atoms with Gasteiger partial charge in [-0.2, -0.15) is 0 Å². The molecule has 1 aliphatic heterocycles. The molecule has 1 saturated heterocycles. The molecule has 0 atom stereocenters. The van der Waals surface area contributed by atoms with Gasteiger partial charge in [0.15, 0.2) is 5.76 Å². The van der Waals surface area contributed by atoms with E-state index < -0.39 is 23.2 Å². The lowest BCUT2D eigenvalue weighted by Gasteiger charge is -2.37. The normalized spacial score (nSPS) is 15.2. The molecule has 0 aliphatic carbocycles. The molecule has 0 radical (unpaired) electrons. The molecular formula is C24H24FN3O6. The van der Waals surface area contributed by atoms with Crippen molar-refractivity contribution in [3.63, 3.8) is 0 Å². The van der Waals surface area contributed by atoms with Crippen molar-refractivity contribution in [2.24, 2.45) is 0 Å². The third-order valence-corrected chi connectivity index (χ3v) is 6.13. The number of nitrogens with zero attached hydrogens (tertiary/aromatic N) is 3. The first-order chi connectivity index (χ1) is 16.2. The lowest BCUT2D eigenvalue weighted by Crippen LogP contribution is -2.51. The third-order valence-electron chi connectivity index (χ3n) is 6.13. The number of rotatable bonds is 5. The minimum atomic E-state index is -1.48. The summed E-state index contributed by atoms with van der Waals surface area (Å²) in [5.74, 6) is -1.24. The molecule has 0 spiro atoms.